The molecule has 3 rings (SSSR count). The molecular formula is C17H33N3. The van der Waals surface area contributed by atoms with E-state index < -0.39 is 0 Å². The van der Waals surface area contributed by atoms with Crippen molar-refractivity contribution < 1.29 is 0 Å². The van der Waals surface area contributed by atoms with Crippen molar-refractivity contribution >= 4 is 0 Å². The normalized spacial score (nSPS) is 41.1. The van der Waals surface area contributed by atoms with Crippen LogP contribution in [-0.4, -0.2) is 54.1 Å². The van der Waals surface area contributed by atoms with Crippen molar-refractivity contribution in [1.29, 1.82) is 0 Å². The van der Waals surface area contributed by atoms with E-state index in [0.29, 0.717) is 5.54 Å². The molecular weight excluding hydrogens is 246 g/mol. The summed E-state index contributed by atoms with van der Waals surface area (Å²) in [6.07, 6.45) is 11.1. The van der Waals surface area contributed by atoms with E-state index in [4.69, 9.17) is 5.73 Å². The van der Waals surface area contributed by atoms with Crippen molar-refractivity contribution in [2.75, 3.05) is 32.7 Å². The first-order valence-electron chi connectivity index (χ1n) is 8.95. The Kier molecular flexibility index (Phi) is 4.68. The highest BCUT2D eigenvalue weighted by molar-refractivity contribution is 5.02. The summed E-state index contributed by atoms with van der Waals surface area (Å²) in [5.41, 5.74) is 6.60. The lowest BCUT2D eigenvalue weighted by atomic mass is 9.72. The molecule has 1 aliphatic carbocycles. The summed E-state index contributed by atoms with van der Waals surface area (Å²) in [7, 11) is 0. The molecule has 2 N–H and O–H groups in total. The average Bonchev–Trinajstić information content (AvgIpc) is 2.99. The molecule has 1 saturated carbocycles. The molecule has 0 radical (unpaired) electrons. The molecule has 3 fully saturated rings. The summed E-state index contributed by atoms with van der Waals surface area (Å²) >= 11 is 0. The van der Waals surface area contributed by atoms with E-state index in [1.54, 1.807) is 0 Å². The summed E-state index contributed by atoms with van der Waals surface area (Å²) in [4.78, 5) is 5.55. The molecule has 2 heterocycles. The van der Waals surface area contributed by atoms with Crippen LogP contribution in [0.3, 0.4) is 0 Å². The van der Waals surface area contributed by atoms with Gasteiger partial charge in [-0.1, -0.05) is 26.2 Å². The minimum Gasteiger partial charge on any atom is -0.329 e. The molecule has 2 aliphatic heterocycles. The Bertz CT molecular complexity index is 313. The van der Waals surface area contributed by atoms with Crippen LogP contribution < -0.4 is 5.73 Å². The Morgan fingerprint density at radius 2 is 1.80 bits per heavy atom. The number of rotatable bonds is 3. The van der Waals surface area contributed by atoms with Crippen molar-refractivity contribution in [2.24, 2.45) is 11.7 Å². The molecule has 20 heavy (non-hydrogen) atoms. The average molecular weight is 279 g/mol. The molecule has 3 heteroatoms. The van der Waals surface area contributed by atoms with Crippen molar-refractivity contribution in [2.45, 2.75) is 69.9 Å². The van der Waals surface area contributed by atoms with Gasteiger partial charge in [0.2, 0.25) is 0 Å². The molecule has 116 valence electrons. The first kappa shape index (κ1) is 14.8. The third-order valence-electron chi connectivity index (χ3n) is 6.47. The fourth-order valence-corrected chi connectivity index (χ4v) is 5.03. The Balaban J connectivity index is 1.65. The van der Waals surface area contributed by atoms with Crippen LogP contribution >= 0.6 is 0 Å². The zero-order valence-electron chi connectivity index (χ0n) is 13.3. The predicted molar refractivity (Wildman–Crippen MR) is 84.8 cm³/mol. The summed E-state index contributed by atoms with van der Waals surface area (Å²) in [6.45, 7) is 8.54. The smallest absolute Gasteiger partial charge is 0.0357 e. The van der Waals surface area contributed by atoms with E-state index in [9.17, 15) is 0 Å². The monoisotopic (exact) mass is 279 g/mol. The van der Waals surface area contributed by atoms with Crippen LogP contribution in [0.1, 0.15) is 58.3 Å². The number of likely N-dealkylation sites (tertiary alicyclic amines) is 2. The Labute approximate surface area is 124 Å². The number of nitrogens with zero attached hydrogens (tertiary/aromatic N) is 2. The second kappa shape index (κ2) is 6.33. The first-order chi connectivity index (χ1) is 9.76. The van der Waals surface area contributed by atoms with E-state index in [1.165, 1.54) is 77.5 Å². The lowest BCUT2D eigenvalue weighted by Crippen LogP contribution is -2.59. The molecule has 0 amide bonds. The Morgan fingerprint density at radius 1 is 1.00 bits per heavy atom. The maximum Gasteiger partial charge on any atom is 0.0357 e. The third kappa shape index (κ3) is 2.65. The Morgan fingerprint density at radius 3 is 2.50 bits per heavy atom. The van der Waals surface area contributed by atoms with Crippen LogP contribution in [0.2, 0.25) is 0 Å². The van der Waals surface area contributed by atoms with Crippen molar-refractivity contribution in [3.05, 3.63) is 0 Å². The highest BCUT2D eigenvalue weighted by atomic mass is 15.3. The first-order valence-corrected chi connectivity index (χ1v) is 8.95. The van der Waals surface area contributed by atoms with Crippen LogP contribution in [0.25, 0.3) is 0 Å². The van der Waals surface area contributed by atoms with Crippen molar-refractivity contribution in [3.8, 4) is 0 Å². The van der Waals surface area contributed by atoms with Crippen LogP contribution in [-0.2, 0) is 0 Å². The Hall–Kier alpha value is -0.120. The van der Waals surface area contributed by atoms with Crippen molar-refractivity contribution in [3.63, 3.8) is 0 Å². The second-order valence-electron chi connectivity index (χ2n) is 7.44. The summed E-state index contributed by atoms with van der Waals surface area (Å²) in [5, 5.41) is 0. The largest absolute Gasteiger partial charge is 0.329 e. The van der Waals surface area contributed by atoms with Gasteiger partial charge in [0.15, 0.2) is 0 Å². The fourth-order valence-electron chi connectivity index (χ4n) is 5.03. The molecule has 0 aromatic carbocycles. The van der Waals surface area contributed by atoms with Gasteiger partial charge in [-0.2, -0.15) is 0 Å². The minimum absolute atomic E-state index is 0.322. The van der Waals surface area contributed by atoms with E-state index in [2.05, 4.69) is 16.7 Å². The molecule has 3 aliphatic rings. The summed E-state index contributed by atoms with van der Waals surface area (Å²) in [6, 6.07) is 0.813. The van der Waals surface area contributed by atoms with Crippen LogP contribution in [0.5, 0.6) is 0 Å². The van der Waals surface area contributed by atoms with Gasteiger partial charge in [0.05, 0.1) is 0 Å². The summed E-state index contributed by atoms with van der Waals surface area (Å²) in [5.74, 6) is 0.779. The number of hydrogen-bond acceptors (Lipinski definition) is 3. The highest BCUT2D eigenvalue weighted by Gasteiger charge is 2.45. The van der Waals surface area contributed by atoms with Gasteiger partial charge in [0.25, 0.3) is 0 Å². The molecule has 3 atom stereocenters. The van der Waals surface area contributed by atoms with Gasteiger partial charge in [0, 0.05) is 31.2 Å². The molecule has 3 unspecified atom stereocenters. The van der Waals surface area contributed by atoms with Crippen LogP contribution in [0, 0.1) is 5.92 Å². The summed E-state index contributed by atoms with van der Waals surface area (Å²) < 4.78 is 0. The third-order valence-corrected chi connectivity index (χ3v) is 6.47. The number of piperidine rings is 1. The fraction of sp³-hybridized carbons (Fsp3) is 1.00. The van der Waals surface area contributed by atoms with Gasteiger partial charge in [-0.25, -0.2) is 0 Å². The van der Waals surface area contributed by atoms with E-state index >= 15 is 0 Å². The van der Waals surface area contributed by atoms with Crippen LogP contribution in [0.15, 0.2) is 0 Å². The van der Waals surface area contributed by atoms with Gasteiger partial charge in [0.1, 0.15) is 0 Å². The maximum absolute atomic E-state index is 6.28. The zero-order valence-corrected chi connectivity index (χ0v) is 13.3. The number of nitrogens with two attached hydrogens (primary N) is 1. The van der Waals surface area contributed by atoms with Gasteiger partial charge in [-0.3, -0.25) is 9.80 Å². The van der Waals surface area contributed by atoms with E-state index in [1.807, 2.05) is 0 Å². The van der Waals surface area contributed by atoms with Gasteiger partial charge in [-0.15, -0.1) is 0 Å². The SMILES string of the molecule is CC1CCCCC1(CN)N1CCC(N2CCCCC2)C1. The molecule has 0 aromatic rings. The standard InChI is InChI=1S/C17H33N3/c1-15-7-3-4-9-17(15,14-18)20-12-8-16(13-20)19-10-5-2-6-11-19/h15-16H,2-14,18H2,1H3. The lowest BCUT2D eigenvalue weighted by molar-refractivity contribution is 0.0244. The molecule has 0 spiro atoms. The predicted octanol–water partition coefficient (Wildman–Crippen LogP) is 2.45. The zero-order chi connectivity index (χ0) is 14.0. The van der Waals surface area contributed by atoms with Crippen LogP contribution in [0.4, 0.5) is 0 Å². The van der Waals surface area contributed by atoms with Crippen molar-refractivity contribution in [1.82, 2.24) is 9.80 Å². The lowest BCUT2D eigenvalue weighted by Gasteiger charge is -2.49. The van der Waals surface area contributed by atoms with E-state index in [0.717, 1.165) is 18.5 Å². The second-order valence-corrected chi connectivity index (χ2v) is 7.44. The number of hydrogen-bond donors (Lipinski definition) is 1. The van der Waals surface area contributed by atoms with Gasteiger partial charge >= 0.3 is 0 Å². The van der Waals surface area contributed by atoms with Gasteiger partial charge in [-0.05, 0) is 51.1 Å². The highest BCUT2D eigenvalue weighted by Crippen LogP contribution is 2.40. The van der Waals surface area contributed by atoms with E-state index in [-0.39, 0.29) is 0 Å². The topological polar surface area (TPSA) is 32.5 Å². The maximum atomic E-state index is 6.28. The van der Waals surface area contributed by atoms with Gasteiger partial charge < -0.3 is 5.73 Å². The molecule has 3 nitrogen and oxygen atoms in total. The molecule has 0 bridgehead atoms. The quantitative estimate of drug-likeness (QED) is 0.861. The molecule has 2 saturated heterocycles. The minimum atomic E-state index is 0.322. The molecule has 0 aromatic heterocycles.